The first kappa shape index (κ1) is 37.8. The molecule has 2 aromatic carbocycles. The van der Waals surface area contributed by atoms with E-state index in [4.69, 9.17) is 37.4 Å². The van der Waals surface area contributed by atoms with Crippen LogP contribution in [0.3, 0.4) is 0 Å². The Hall–Kier alpha value is -4.46. The second-order valence-corrected chi connectivity index (χ2v) is 17.4. The molecule has 0 aliphatic heterocycles. The van der Waals surface area contributed by atoms with Gasteiger partial charge in [-0.1, -0.05) is 23.2 Å². The third-order valence-corrected chi connectivity index (χ3v) is 8.97. The van der Waals surface area contributed by atoms with Crippen LogP contribution in [0.2, 0.25) is 10.0 Å². The standard InChI is InChI=1S/C36H40Cl2N6O6S/c1-34(2,3)48-31(45)20-44(51(46,47)26-16-23(37)15-24(38)17-26)25-10-11-29-22(14-25)12-13-43(29)30-18-28(40-21-41-30)27-19-39-33(50-36(7,8)9)42-32(27)49-35(4,5)6/h10-19,21H,20H2,1-9H3. The number of hydrogen-bond donors (Lipinski definition) is 0. The second kappa shape index (κ2) is 13.9. The third-order valence-electron chi connectivity index (χ3n) is 6.79. The lowest BCUT2D eigenvalue weighted by Gasteiger charge is -2.26. The van der Waals surface area contributed by atoms with E-state index in [1.165, 1.54) is 24.5 Å². The minimum atomic E-state index is -4.33. The van der Waals surface area contributed by atoms with Gasteiger partial charge < -0.3 is 18.8 Å². The highest BCUT2D eigenvalue weighted by Gasteiger charge is 2.31. The maximum atomic E-state index is 14.0. The molecule has 0 unspecified atom stereocenters. The van der Waals surface area contributed by atoms with Gasteiger partial charge in [0.1, 0.15) is 35.5 Å². The first-order chi connectivity index (χ1) is 23.6. The van der Waals surface area contributed by atoms with Crippen molar-refractivity contribution in [3.05, 3.63) is 77.3 Å². The topological polar surface area (TPSA) is 139 Å². The lowest BCUT2D eigenvalue weighted by molar-refractivity contribution is -0.152. The fourth-order valence-corrected chi connectivity index (χ4v) is 7.07. The molecule has 0 N–H and O–H groups in total. The maximum Gasteiger partial charge on any atom is 0.327 e. The summed E-state index contributed by atoms with van der Waals surface area (Å²) in [5.74, 6) is 0.0872. The van der Waals surface area contributed by atoms with Gasteiger partial charge >= 0.3 is 12.0 Å². The van der Waals surface area contributed by atoms with E-state index in [9.17, 15) is 13.2 Å². The Kier molecular flexibility index (Phi) is 10.3. The summed E-state index contributed by atoms with van der Waals surface area (Å²) in [6.07, 6.45) is 4.83. The van der Waals surface area contributed by atoms with Crippen LogP contribution in [-0.2, 0) is 19.6 Å². The minimum absolute atomic E-state index is 0.132. The summed E-state index contributed by atoms with van der Waals surface area (Å²) < 4.78 is 48.4. The van der Waals surface area contributed by atoms with Crippen LogP contribution in [0.15, 0.2) is 72.1 Å². The first-order valence-electron chi connectivity index (χ1n) is 16.0. The molecule has 0 bridgehead atoms. The number of aromatic nitrogens is 5. The van der Waals surface area contributed by atoms with Crippen molar-refractivity contribution in [1.82, 2.24) is 24.5 Å². The average Bonchev–Trinajstić information content (AvgIpc) is 3.40. The molecule has 5 aromatic rings. The Balaban J connectivity index is 1.55. The van der Waals surface area contributed by atoms with Crippen molar-refractivity contribution >= 4 is 55.8 Å². The summed E-state index contributed by atoms with van der Waals surface area (Å²) in [5, 5.41) is 0.936. The molecule has 270 valence electrons. The zero-order valence-corrected chi connectivity index (χ0v) is 32.2. The van der Waals surface area contributed by atoms with E-state index in [0.29, 0.717) is 33.9 Å². The molecule has 3 aromatic heterocycles. The summed E-state index contributed by atoms with van der Waals surface area (Å²) in [6.45, 7) is 16.0. The van der Waals surface area contributed by atoms with E-state index in [2.05, 4.69) is 19.9 Å². The molecule has 3 heterocycles. The molecule has 0 fully saturated rings. The number of anilines is 1. The molecule has 0 spiro atoms. The van der Waals surface area contributed by atoms with Crippen molar-refractivity contribution in [2.45, 2.75) is 84.0 Å². The minimum Gasteiger partial charge on any atom is -0.471 e. The Morgan fingerprint density at radius 1 is 0.824 bits per heavy atom. The summed E-state index contributed by atoms with van der Waals surface area (Å²) >= 11 is 12.3. The van der Waals surface area contributed by atoms with Crippen LogP contribution in [0.1, 0.15) is 62.3 Å². The summed E-state index contributed by atoms with van der Waals surface area (Å²) in [7, 11) is -4.33. The van der Waals surface area contributed by atoms with Gasteiger partial charge in [0.25, 0.3) is 10.0 Å². The maximum absolute atomic E-state index is 14.0. The van der Waals surface area contributed by atoms with E-state index in [0.717, 1.165) is 4.31 Å². The fraction of sp³-hybridized carbons (Fsp3) is 0.361. The number of halogens is 2. The predicted molar refractivity (Wildman–Crippen MR) is 197 cm³/mol. The van der Waals surface area contributed by atoms with Crippen LogP contribution < -0.4 is 13.8 Å². The van der Waals surface area contributed by atoms with Crippen molar-refractivity contribution in [1.29, 1.82) is 0 Å². The van der Waals surface area contributed by atoms with Crippen molar-refractivity contribution in [3.8, 4) is 29.0 Å². The summed E-state index contributed by atoms with van der Waals surface area (Å²) in [5.41, 5.74) is 0.0582. The van der Waals surface area contributed by atoms with Crippen LogP contribution in [0, 0.1) is 0 Å². The number of sulfonamides is 1. The molecule has 0 atom stereocenters. The smallest absolute Gasteiger partial charge is 0.327 e. The van der Waals surface area contributed by atoms with Crippen LogP contribution in [0.4, 0.5) is 5.69 Å². The number of ether oxygens (including phenoxy) is 3. The predicted octanol–water partition coefficient (Wildman–Crippen LogP) is 8.08. The molecule has 12 nitrogen and oxygen atoms in total. The van der Waals surface area contributed by atoms with Gasteiger partial charge in [-0.25, -0.2) is 23.4 Å². The van der Waals surface area contributed by atoms with Gasteiger partial charge in [-0.05, 0) is 105 Å². The number of hydrogen-bond acceptors (Lipinski definition) is 10. The van der Waals surface area contributed by atoms with Crippen LogP contribution >= 0.6 is 23.2 Å². The molecule has 0 aliphatic rings. The first-order valence-corrected chi connectivity index (χ1v) is 18.2. The summed E-state index contributed by atoms with van der Waals surface area (Å²) in [6, 6.07) is 12.7. The molecule has 5 rings (SSSR count). The van der Waals surface area contributed by atoms with E-state index in [1.54, 1.807) is 57.4 Å². The fourth-order valence-electron chi connectivity index (χ4n) is 4.94. The van der Waals surface area contributed by atoms with Gasteiger partial charge in [-0.15, -0.1) is 0 Å². The lowest BCUT2D eigenvalue weighted by Crippen LogP contribution is -2.39. The molecule has 51 heavy (non-hydrogen) atoms. The Labute approximate surface area is 307 Å². The Bertz CT molecular complexity index is 2180. The van der Waals surface area contributed by atoms with Crippen LogP contribution in [-0.4, -0.2) is 62.2 Å². The zero-order valence-electron chi connectivity index (χ0n) is 29.9. The van der Waals surface area contributed by atoms with Gasteiger partial charge in [0.15, 0.2) is 0 Å². The van der Waals surface area contributed by atoms with Crippen molar-refractivity contribution in [2.24, 2.45) is 0 Å². The van der Waals surface area contributed by atoms with Gasteiger partial charge in [0.05, 0.1) is 27.4 Å². The molecular weight excluding hydrogens is 715 g/mol. The van der Waals surface area contributed by atoms with E-state index >= 15 is 0 Å². The van der Waals surface area contributed by atoms with Gasteiger partial charge in [0.2, 0.25) is 5.88 Å². The highest BCUT2D eigenvalue weighted by Crippen LogP contribution is 2.34. The largest absolute Gasteiger partial charge is 0.471 e. The average molecular weight is 756 g/mol. The van der Waals surface area contributed by atoms with Crippen LogP contribution in [0.5, 0.6) is 11.9 Å². The molecule has 0 radical (unpaired) electrons. The number of esters is 1. The van der Waals surface area contributed by atoms with Gasteiger partial charge in [-0.3, -0.25) is 9.10 Å². The highest BCUT2D eigenvalue weighted by molar-refractivity contribution is 7.92. The number of fused-ring (bicyclic) bond motifs is 1. The number of rotatable bonds is 9. The second-order valence-electron chi connectivity index (χ2n) is 14.7. The number of nitrogens with zero attached hydrogens (tertiary/aromatic N) is 6. The summed E-state index contributed by atoms with van der Waals surface area (Å²) in [4.78, 5) is 30.8. The third kappa shape index (κ3) is 9.46. The zero-order chi connectivity index (χ0) is 37.5. The van der Waals surface area contributed by atoms with Crippen molar-refractivity contribution in [3.63, 3.8) is 0 Å². The molecule has 15 heteroatoms. The van der Waals surface area contributed by atoms with Gasteiger partial charge in [0, 0.05) is 33.9 Å². The van der Waals surface area contributed by atoms with E-state index in [-0.39, 0.29) is 26.6 Å². The SMILES string of the molecule is CC(C)(C)OC(=O)CN(c1ccc2c(ccn2-c2cc(-c3cnc(OC(C)(C)C)nc3OC(C)(C)C)ncn2)c1)S(=O)(=O)c1cc(Cl)cc(Cl)c1. The Morgan fingerprint density at radius 3 is 2.12 bits per heavy atom. The van der Waals surface area contributed by atoms with E-state index in [1.807, 2.05) is 52.2 Å². The lowest BCUT2D eigenvalue weighted by atomic mass is 10.1. The highest BCUT2D eigenvalue weighted by atomic mass is 35.5. The number of benzene rings is 2. The van der Waals surface area contributed by atoms with Crippen LogP contribution in [0.25, 0.3) is 28.0 Å². The monoisotopic (exact) mass is 754 g/mol. The molecule has 0 saturated heterocycles. The Morgan fingerprint density at radius 2 is 1.49 bits per heavy atom. The quantitative estimate of drug-likeness (QED) is 0.136. The van der Waals surface area contributed by atoms with E-state index < -0.39 is 39.3 Å². The normalized spacial score (nSPS) is 12.5. The molecule has 0 saturated carbocycles. The molecular formula is C36H40Cl2N6O6S. The van der Waals surface area contributed by atoms with Gasteiger partial charge in [-0.2, -0.15) is 4.98 Å². The van der Waals surface area contributed by atoms with Crippen molar-refractivity contribution in [2.75, 3.05) is 10.8 Å². The molecule has 0 amide bonds. The molecule has 0 aliphatic carbocycles. The number of carbonyl (C=O) groups excluding carboxylic acids is 1. The van der Waals surface area contributed by atoms with Crippen molar-refractivity contribution < 1.29 is 27.4 Å². The number of carbonyl (C=O) groups is 1.